The van der Waals surface area contributed by atoms with Crippen LogP contribution >= 0.6 is 0 Å². The topological polar surface area (TPSA) is 60.0 Å². The zero-order valence-corrected chi connectivity index (χ0v) is 18.3. The molecule has 1 saturated heterocycles. The van der Waals surface area contributed by atoms with E-state index in [4.69, 9.17) is 14.2 Å². The van der Waals surface area contributed by atoms with Gasteiger partial charge in [0.1, 0.15) is 0 Å². The summed E-state index contributed by atoms with van der Waals surface area (Å²) in [5.41, 5.74) is 1.94. The van der Waals surface area contributed by atoms with E-state index in [0.29, 0.717) is 17.2 Å². The second-order valence-electron chi connectivity index (χ2n) is 7.66. The van der Waals surface area contributed by atoms with Gasteiger partial charge in [-0.05, 0) is 56.1 Å². The average Bonchev–Trinajstić information content (AvgIpc) is 3.30. The van der Waals surface area contributed by atoms with Crippen molar-refractivity contribution in [3.8, 4) is 17.2 Å². The van der Waals surface area contributed by atoms with E-state index in [9.17, 15) is 4.79 Å². The van der Waals surface area contributed by atoms with Crippen LogP contribution in [0.3, 0.4) is 0 Å². The summed E-state index contributed by atoms with van der Waals surface area (Å²) in [5, 5.41) is 3.27. The van der Waals surface area contributed by atoms with E-state index in [-0.39, 0.29) is 17.9 Å². The first-order valence-corrected chi connectivity index (χ1v) is 10.4. The largest absolute Gasteiger partial charge is 0.493 e. The number of rotatable bonds is 9. The molecular weight excluding hydrogens is 380 g/mol. The number of nitrogens with one attached hydrogen (secondary N) is 1. The zero-order valence-electron chi connectivity index (χ0n) is 18.3. The Labute approximate surface area is 179 Å². The first-order chi connectivity index (χ1) is 14.6. The first-order valence-electron chi connectivity index (χ1n) is 10.4. The summed E-state index contributed by atoms with van der Waals surface area (Å²) in [6.07, 6.45) is 2.44. The summed E-state index contributed by atoms with van der Waals surface area (Å²) in [5.74, 6) is 1.21. The summed E-state index contributed by atoms with van der Waals surface area (Å²) >= 11 is 0. The molecule has 2 atom stereocenters. The molecule has 1 aliphatic rings. The van der Waals surface area contributed by atoms with Gasteiger partial charge in [0, 0.05) is 6.54 Å². The molecule has 1 fully saturated rings. The minimum atomic E-state index is -0.372. The van der Waals surface area contributed by atoms with Crippen LogP contribution in [-0.4, -0.2) is 51.8 Å². The SMILES string of the molecule is COc1cc(C(C)C(=O)N[C@H](CN2CCCC2)c2ccccc2)cc(OC)c1OC. The van der Waals surface area contributed by atoms with Crippen LogP contribution in [0, 0.1) is 0 Å². The highest BCUT2D eigenvalue weighted by Gasteiger charge is 2.25. The number of carbonyl (C=O) groups is 1. The van der Waals surface area contributed by atoms with Gasteiger partial charge in [-0.1, -0.05) is 30.3 Å². The third-order valence-corrected chi connectivity index (χ3v) is 5.74. The van der Waals surface area contributed by atoms with Crippen molar-refractivity contribution < 1.29 is 19.0 Å². The van der Waals surface area contributed by atoms with Gasteiger partial charge in [0.15, 0.2) is 11.5 Å². The number of ether oxygens (including phenoxy) is 3. The molecule has 1 aliphatic heterocycles. The van der Waals surface area contributed by atoms with Gasteiger partial charge >= 0.3 is 0 Å². The van der Waals surface area contributed by atoms with Gasteiger partial charge in [-0.25, -0.2) is 0 Å². The maximum atomic E-state index is 13.2. The molecule has 2 aromatic carbocycles. The molecule has 0 spiro atoms. The lowest BCUT2D eigenvalue weighted by molar-refractivity contribution is -0.123. The highest BCUT2D eigenvalue weighted by Crippen LogP contribution is 2.40. The molecule has 1 unspecified atom stereocenters. The molecule has 0 radical (unpaired) electrons. The van der Waals surface area contributed by atoms with Crippen molar-refractivity contribution in [1.29, 1.82) is 0 Å². The molecule has 3 rings (SSSR count). The summed E-state index contributed by atoms with van der Waals surface area (Å²) < 4.78 is 16.3. The average molecular weight is 413 g/mol. The number of amides is 1. The fourth-order valence-corrected chi connectivity index (χ4v) is 3.94. The van der Waals surface area contributed by atoms with Gasteiger partial charge in [-0.2, -0.15) is 0 Å². The maximum Gasteiger partial charge on any atom is 0.227 e. The number of hydrogen-bond donors (Lipinski definition) is 1. The summed E-state index contributed by atoms with van der Waals surface area (Å²) in [7, 11) is 4.72. The van der Waals surface area contributed by atoms with Crippen LogP contribution in [0.4, 0.5) is 0 Å². The summed E-state index contributed by atoms with van der Waals surface area (Å²) in [4.78, 5) is 15.6. The third-order valence-electron chi connectivity index (χ3n) is 5.74. The van der Waals surface area contributed by atoms with Crippen molar-refractivity contribution in [2.45, 2.75) is 31.7 Å². The van der Waals surface area contributed by atoms with Crippen LogP contribution in [0.1, 0.15) is 42.9 Å². The molecule has 0 bridgehead atoms. The lowest BCUT2D eigenvalue weighted by atomic mass is 9.97. The molecular formula is C24H32N2O4. The van der Waals surface area contributed by atoms with E-state index in [1.54, 1.807) is 21.3 Å². The number of nitrogens with zero attached hydrogens (tertiary/aromatic N) is 1. The van der Waals surface area contributed by atoms with Gasteiger partial charge < -0.3 is 24.4 Å². The van der Waals surface area contributed by atoms with Gasteiger partial charge in [-0.15, -0.1) is 0 Å². The molecule has 6 nitrogen and oxygen atoms in total. The Morgan fingerprint density at radius 3 is 2.10 bits per heavy atom. The van der Waals surface area contributed by atoms with Gasteiger partial charge in [0.2, 0.25) is 11.7 Å². The number of methoxy groups -OCH3 is 3. The van der Waals surface area contributed by atoms with Crippen molar-refractivity contribution >= 4 is 5.91 Å². The van der Waals surface area contributed by atoms with Gasteiger partial charge in [0.05, 0.1) is 33.3 Å². The first kappa shape index (κ1) is 22.0. The lowest BCUT2D eigenvalue weighted by Crippen LogP contribution is -2.38. The van der Waals surface area contributed by atoms with Crippen LogP contribution in [0.5, 0.6) is 17.2 Å². The second kappa shape index (κ2) is 10.3. The Balaban J connectivity index is 1.81. The number of carbonyl (C=O) groups excluding carboxylic acids is 1. The molecule has 0 aromatic heterocycles. The van der Waals surface area contributed by atoms with Crippen molar-refractivity contribution in [2.24, 2.45) is 0 Å². The van der Waals surface area contributed by atoms with Gasteiger partial charge in [-0.3, -0.25) is 4.79 Å². The van der Waals surface area contributed by atoms with Crippen LogP contribution in [0.25, 0.3) is 0 Å². The highest BCUT2D eigenvalue weighted by molar-refractivity contribution is 5.84. The van der Waals surface area contributed by atoms with Crippen LogP contribution < -0.4 is 19.5 Å². The van der Waals surface area contributed by atoms with E-state index < -0.39 is 0 Å². The predicted octanol–water partition coefficient (Wildman–Crippen LogP) is 3.77. The van der Waals surface area contributed by atoms with Crippen molar-refractivity contribution in [1.82, 2.24) is 10.2 Å². The van der Waals surface area contributed by atoms with E-state index in [0.717, 1.165) is 30.8 Å². The smallest absolute Gasteiger partial charge is 0.227 e. The number of likely N-dealkylation sites (tertiary alicyclic amines) is 1. The Kier molecular flexibility index (Phi) is 7.57. The Morgan fingerprint density at radius 1 is 0.967 bits per heavy atom. The molecule has 0 aliphatic carbocycles. The number of hydrogen-bond acceptors (Lipinski definition) is 5. The standard InChI is InChI=1S/C24H32N2O4/c1-17(19-14-21(28-2)23(30-4)22(15-19)29-3)24(27)25-20(16-26-12-8-9-13-26)18-10-6-5-7-11-18/h5-7,10-11,14-15,17,20H,8-9,12-13,16H2,1-4H3,(H,25,27)/t17?,20-/m1/s1. The molecule has 1 N–H and O–H groups in total. The molecule has 6 heteroatoms. The molecule has 162 valence electrons. The minimum absolute atomic E-state index is 0.0303. The Morgan fingerprint density at radius 2 is 1.57 bits per heavy atom. The Bertz CT molecular complexity index is 809. The summed E-state index contributed by atoms with van der Waals surface area (Å²) in [6, 6.07) is 13.8. The minimum Gasteiger partial charge on any atom is -0.493 e. The second-order valence-corrected chi connectivity index (χ2v) is 7.66. The monoisotopic (exact) mass is 412 g/mol. The molecule has 1 amide bonds. The van der Waals surface area contributed by atoms with Gasteiger partial charge in [0.25, 0.3) is 0 Å². The predicted molar refractivity (Wildman–Crippen MR) is 118 cm³/mol. The van der Waals surface area contributed by atoms with Crippen LogP contribution in [-0.2, 0) is 4.79 Å². The molecule has 30 heavy (non-hydrogen) atoms. The van der Waals surface area contributed by atoms with E-state index in [1.807, 2.05) is 37.3 Å². The van der Waals surface area contributed by atoms with Crippen LogP contribution in [0.15, 0.2) is 42.5 Å². The van der Waals surface area contributed by atoms with Crippen LogP contribution in [0.2, 0.25) is 0 Å². The van der Waals surface area contributed by atoms with E-state index >= 15 is 0 Å². The highest BCUT2D eigenvalue weighted by atomic mass is 16.5. The molecule has 1 heterocycles. The van der Waals surface area contributed by atoms with E-state index in [1.165, 1.54) is 12.8 Å². The number of benzene rings is 2. The zero-order chi connectivity index (χ0) is 21.5. The molecule has 0 saturated carbocycles. The van der Waals surface area contributed by atoms with E-state index in [2.05, 4.69) is 22.3 Å². The lowest BCUT2D eigenvalue weighted by Gasteiger charge is -2.26. The normalized spacial score (nSPS) is 16.0. The molecule has 2 aromatic rings. The Hall–Kier alpha value is -2.73. The van der Waals surface area contributed by atoms with Crippen molar-refractivity contribution in [3.05, 3.63) is 53.6 Å². The summed E-state index contributed by atoms with van der Waals surface area (Å²) in [6.45, 7) is 4.88. The quantitative estimate of drug-likeness (QED) is 0.679. The fraction of sp³-hybridized carbons (Fsp3) is 0.458. The van der Waals surface area contributed by atoms with Crippen molar-refractivity contribution in [3.63, 3.8) is 0 Å². The van der Waals surface area contributed by atoms with Crippen molar-refractivity contribution in [2.75, 3.05) is 41.0 Å². The third kappa shape index (κ3) is 5.05. The maximum absolute atomic E-state index is 13.2. The fourth-order valence-electron chi connectivity index (χ4n) is 3.94.